The standard InChI is InChI=1S/C30H31IN2O3S/c31-25-8-12-27(13-9-25)33(37(35,36)28-4-2-1-3-5-28)20-29(34)32-26-10-6-24(7-11-26)30-17-21-14-22(18-30)16-23(15-21)19-30/h1-13,21-23H,14-20H2,(H,32,34). The molecule has 7 rings (SSSR count). The number of rotatable bonds is 7. The van der Waals surface area contributed by atoms with Crippen LogP contribution in [0.1, 0.15) is 44.1 Å². The van der Waals surface area contributed by atoms with Crippen molar-refractivity contribution in [1.29, 1.82) is 0 Å². The minimum Gasteiger partial charge on any atom is -0.325 e. The van der Waals surface area contributed by atoms with E-state index in [1.165, 1.54) is 48.4 Å². The number of nitrogens with zero attached hydrogens (tertiary/aromatic N) is 1. The van der Waals surface area contributed by atoms with Crippen LogP contribution < -0.4 is 9.62 Å². The van der Waals surface area contributed by atoms with Crippen molar-refractivity contribution in [2.45, 2.75) is 48.8 Å². The van der Waals surface area contributed by atoms with Crippen molar-refractivity contribution < 1.29 is 13.2 Å². The Morgan fingerprint density at radius 1 is 0.838 bits per heavy atom. The van der Waals surface area contributed by atoms with Crippen molar-refractivity contribution in [3.63, 3.8) is 0 Å². The topological polar surface area (TPSA) is 66.5 Å². The van der Waals surface area contributed by atoms with E-state index in [4.69, 9.17) is 0 Å². The molecule has 1 amide bonds. The van der Waals surface area contributed by atoms with Crippen LogP contribution >= 0.6 is 22.6 Å². The average Bonchev–Trinajstić information content (AvgIpc) is 2.88. The molecule has 192 valence electrons. The van der Waals surface area contributed by atoms with E-state index in [-0.39, 0.29) is 17.3 Å². The van der Waals surface area contributed by atoms with Crippen LogP contribution in [0.3, 0.4) is 0 Å². The summed E-state index contributed by atoms with van der Waals surface area (Å²) in [4.78, 5) is 13.3. The predicted octanol–water partition coefficient (Wildman–Crippen LogP) is 6.59. The Labute approximate surface area is 232 Å². The largest absolute Gasteiger partial charge is 0.325 e. The van der Waals surface area contributed by atoms with Crippen LogP contribution in [0, 0.1) is 21.3 Å². The average molecular weight is 627 g/mol. The molecule has 0 atom stereocenters. The lowest BCUT2D eigenvalue weighted by Gasteiger charge is -2.57. The number of carbonyl (C=O) groups is 1. The Bertz CT molecular complexity index is 1350. The van der Waals surface area contributed by atoms with Gasteiger partial charge in [0.1, 0.15) is 6.54 Å². The van der Waals surface area contributed by atoms with Gasteiger partial charge in [0.15, 0.2) is 0 Å². The molecule has 0 unspecified atom stereocenters. The lowest BCUT2D eigenvalue weighted by molar-refractivity contribution is -0.114. The molecule has 0 aliphatic heterocycles. The number of hydrogen-bond acceptors (Lipinski definition) is 3. The van der Waals surface area contributed by atoms with E-state index in [1.807, 2.05) is 24.3 Å². The van der Waals surface area contributed by atoms with Gasteiger partial charge in [0.2, 0.25) is 5.91 Å². The first-order chi connectivity index (χ1) is 17.8. The number of halogens is 1. The molecule has 0 heterocycles. The number of sulfonamides is 1. The Morgan fingerprint density at radius 3 is 1.97 bits per heavy atom. The van der Waals surface area contributed by atoms with E-state index in [0.29, 0.717) is 16.8 Å². The normalized spacial score (nSPS) is 26.1. The van der Waals surface area contributed by atoms with Crippen molar-refractivity contribution in [2.24, 2.45) is 17.8 Å². The molecule has 4 fully saturated rings. The SMILES string of the molecule is O=C(CN(c1ccc(I)cc1)S(=O)(=O)c1ccccc1)Nc1ccc(C23CC4CC(CC(C4)C2)C3)cc1. The summed E-state index contributed by atoms with van der Waals surface area (Å²) >= 11 is 2.18. The highest BCUT2D eigenvalue weighted by Gasteiger charge is 2.51. The van der Waals surface area contributed by atoms with Gasteiger partial charge in [-0.2, -0.15) is 0 Å². The summed E-state index contributed by atoms with van der Waals surface area (Å²) in [5.74, 6) is 2.26. The molecule has 0 saturated heterocycles. The molecular formula is C30H31IN2O3S. The highest BCUT2D eigenvalue weighted by molar-refractivity contribution is 14.1. The monoisotopic (exact) mass is 626 g/mol. The van der Waals surface area contributed by atoms with Crippen LogP contribution in [-0.4, -0.2) is 20.9 Å². The fourth-order valence-electron chi connectivity index (χ4n) is 7.34. The van der Waals surface area contributed by atoms with Crippen LogP contribution in [0.25, 0.3) is 0 Å². The number of carbonyl (C=O) groups excluding carboxylic acids is 1. The van der Waals surface area contributed by atoms with Crippen LogP contribution in [-0.2, 0) is 20.2 Å². The van der Waals surface area contributed by atoms with Crippen molar-refractivity contribution in [3.05, 3.63) is 88.0 Å². The van der Waals surface area contributed by atoms with Gasteiger partial charge >= 0.3 is 0 Å². The van der Waals surface area contributed by atoms with Gasteiger partial charge in [-0.25, -0.2) is 8.42 Å². The van der Waals surface area contributed by atoms with E-state index in [9.17, 15) is 13.2 Å². The molecule has 5 nitrogen and oxygen atoms in total. The van der Waals surface area contributed by atoms with Crippen molar-refractivity contribution in [2.75, 3.05) is 16.2 Å². The lowest BCUT2D eigenvalue weighted by Crippen LogP contribution is -2.48. The second-order valence-electron chi connectivity index (χ2n) is 11.1. The maximum atomic E-state index is 13.5. The van der Waals surface area contributed by atoms with E-state index in [1.54, 1.807) is 42.5 Å². The van der Waals surface area contributed by atoms with Gasteiger partial charge in [0, 0.05) is 9.26 Å². The van der Waals surface area contributed by atoms with Gasteiger partial charge in [-0.05, 0) is 138 Å². The summed E-state index contributed by atoms with van der Waals surface area (Å²) in [6.45, 7) is -0.311. The number of amides is 1. The molecule has 0 radical (unpaired) electrons. The predicted molar refractivity (Wildman–Crippen MR) is 155 cm³/mol. The molecule has 0 spiro atoms. The number of benzene rings is 3. The molecular weight excluding hydrogens is 595 g/mol. The van der Waals surface area contributed by atoms with Crippen LogP contribution in [0.15, 0.2) is 83.8 Å². The quantitative estimate of drug-likeness (QED) is 0.301. The summed E-state index contributed by atoms with van der Waals surface area (Å²) in [6, 6.07) is 23.7. The molecule has 3 aromatic carbocycles. The minimum absolute atomic E-state index is 0.154. The minimum atomic E-state index is -3.92. The Kier molecular flexibility index (Phi) is 6.55. The zero-order valence-electron chi connectivity index (χ0n) is 20.6. The lowest BCUT2D eigenvalue weighted by atomic mass is 9.48. The van der Waals surface area contributed by atoms with Gasteiger partial charge in [0.05, 0.1) is 10.6 Å². The summed E-state index contributed by atoms with van der Waals surface area (Å²) in [5, 5.41) is 2.93. The van der Waals surface area contributed by atoms with Crippen molar-refractivity contribution in [1.82, 2.24) is 0 Å². The third-order valence-corrected chi connectivity index (χ3v) is 11.1. The Hall–Kier alpha value is -2.39. The van der Waals surface area contributed by atoms with Crippen LogP contribution in [0.4, 0.5) is 11.4 Å². The number of hydrogen-bond donors (Lipinski definition) is 1. The molecule has 4 bridgehead atoms. The Balaban J connectivity index is 1.20. The molecule has 4 saturated carbocycles. The number of nitrogens with one attached hydrogen (secondary N) is 1. The zero-order chi connectivity index (χ0) is 25.6. The van der Waals surface area contributed by atoms with E-state index in [0.717, 1.165) is 21.3 Å². The third-order valence-electron chi connectivity index (χ3n) is 8.55. The maximum absolute atomic E-state index is 13.5. The number of anilines is 2. The smallest absolute Gasteiger partial charge is 0.264 e. The second kappa shape index (κ2) is 9.73. The Morgan fingerprint density at radius 2 is 1.41 bits per heavy atom. The maximum Gasteiger partial charge on any atom is 0.264 e. The van der Waals surface area contributed by atoms with Gasteiger partial charge < -0.3 is 5.32 Å². The zero-order valence-corrected chi connectivity index (χ0v) is 23.6. The van der Waals surface area contributed by atoms with Gasteiger partial charge in [-0.1, -0.05) is 30.3 Å². The first-order valence-corrected chi connectivity index (χ1v) is 15.6. The van der Waals surface area contributed by atoms with E-state index in [2.05, 4.69) is 40.0 Å². The van der Waals surface area contributed by atoms with Crippen molar-refractivity contribution >= 4 is 49.9 Å². The fourth-order valence-corrected chi connectivity index (χ4v) is 9.15. The fraction of sp³-hybridized carbons (Fsp3) is 0.367. The summed E-state index contributed by atoms with van der Waals surface area (Å²) in [5.41, 5.74) is 2.86. The third kappa shape index (κ3) is 4.92. The summed E-state index contributed by atoms with van der Waals surface area (Å²) < 4.78 is 29.2. The van der Waals surface area contributed by atoms with Gasteiger partial charge in [-0.3, -0.25) is 9.10 Å². The molecule has 4 aliphatic carbocycles. The van der Waals surface area contributed by atoms with E-state index < -0.39 is 10.0 Å². The molecule has 4 aliphatic rings. The highest BCUT2D eigenvalue weighted by Crippen LogP contribution is 2.60. The van der Waals surface area contributed by atoms with E-state index >= 15 is 0 Å². The highest BCUT2D eigenvalue weighted by atomic mass is 127. The van der Waals surface area contributed by atoms with Gasteiger partial charge in [-0.15, -0.1) is 0 Å². The molecule has 37 heavy (non-hydrogen) atoms. The van der Waals surface area contributed by atoms with Crippen LogP contribution in [0.5, 0.6) is 0 Å². The summed E-state index contributed by atoms with van der Waals surface area (Å²) in [6.07, 6.45) is 8.14. The first kappa shape index (κ1) is 24.9. The molecule has 3 aromatic rings. The first-order valence-electron chi connectivity index (χ1n) is 13.0. The molecule has 7 heteroatoms. The molecule has 0 aromatic heterocycles. The molecule has 1 N–H and O–H groups in total. The van der Waals surface area contributed by atoms with Gasteiger partial charge in [0.25, 0.3) is 10.0 Å². The van der Waals surface area contributed by atoms with Crippen LogP contribution in [0.2, 0.25) is 0 Å². The summed E-state index contributed by atoms with van der Waals surface area (Å²) in [7, 11) is -3.92. The van der Waals surface area contributed by atoms with Crippen molar-refractivity contribution in [3.8, 4) is 0 Å². The second-order valence-corrected chi connectivity index (χ2v) is 14.2.